The molecule has 2 aliphatic heterocycles. The average Bonchev–Trinajstić information content (AvgIpc) is 2.61. The lowest BCUT2D eigenvalue weighted by atomic mass is 9.98. The molecule has 1 amide bonds. The first-order chi connectivity index (χ1) is 12.0. The summed E-state index contributed by atoms with van der Waals surface area (Å²) in [6, 6.07) is 0.159. The van der Waals surface area contributed by atoms with E-state index in [1.54, 1.807) is 0 Å². The number of likely N-dealkylation sites (tertiary alicyclic amines) is 1. The molecule has 0 radical (unpaired) electrons. The molecule has 8 nitrogen and oxygen atoms in total. The van der Waals surface area contributed by atoms with Crippen LogP contribution in [0.1, 0.15) is 36.0 Å². The molecule has 138 valence electrons. The number of hydrogen-bond acceptors (Lipinski definition) is 5. The second kappa shape index (κ2) is 7.97. The molecule has 2 aliphatic rings. The van der Waals surface area contributed by atoms with Crippen LogP contribution in [0.4, 0.5) is 0 Å². The Balaban J connectivity index is 1.65. The lowest BCUT2D eigenvalue weighted by molar-refractivity contribution is 0.0567. The smallest absolute Gasteiger partial charge is 0.325 e. The molecular weight excluding hydrogens is 322 g/mol. The van der Waals surface area contributed by atoms with Gasteiger partial charge in [-0.25, -0.2) is 4.79 Å². The number of likely N-dealkylation sites (N-methyl/N-ethyl adjacent to an activating group) is 1. The molecule has 3 heterocycles. The summed E-state index contributed by atoms with van der Waals surface area (Å²) in [7, 11) is 2.14. The minimum atomic E-state index is -0.614. The summed E-state index contributed by atoms with van der Waals surface area (Å²) in [6.45, 7) is 5.95. The highest BCUT2D eigenvalue weighted by atomic mass is 16.2. The molecular formula is C17H27N5O3. The number of H-pyrrole nitrogens is 2. The third-order valence-corrected chi connectivity index (χ3v) is 5.31. The first-order valence-electron chi connectivity index (χ1n) is 9.08. The van der Waals surface area contributed by atoms with Gasteiger partial charge in [-0.05, 0) is 32.7 Å². The Bertz CT molecular complexity index is 705. The van der Waals surface area contributed by atoms with Crippen molar-refractivity contribution in [3.8, 4) is 0 Å². The third kappa shape index (κ3) is 4.38. The van der Waals surface area contributed by atoms with Crippen molar-refractivity contribution in [3.63, 3.8) is 0 Å². The van der Waals surface area contributed by atoms with E-state index in [2.05, 4.69) is 26.8 Å². The highest BCUT2D eigenvalue weighted by molar-refractivity contribution is 5.93. The van der Waals surface area contributed by atoms with Crippen LogP contribution in [0.5, 0.6) is 0 Å². The zero-order valence-corrected chi connectivity index (χ0v) is 14.8. The number of amides is 1. The lowest BCUT2D eigenvalue weighted by Gasteiger charge is -2.38. The second-order valence-corrected chi connectivity index (χ2v) is 7.07. The Morgan fingerprint density at radius 1 is 1.16 bits per heavy atom. The van der Waals surface area contributed by atoms with E-state index >= 15 is 0 Å². The van der Waals surface area contributed by atoms with Gasteiger partial charge in [0.05, 0.1) is 0 Å². The number of carbonyl (C=O) groups excluding carboxylic acids is 1. The van der Waals surface area contributed by atoms with Gasteiger partial charge < -0.3 is 19.7 Å². The fourth-order valence-corrected chi connectivity index (χ4v) is 3.69. The average molecular weight is 349 g/mol. The fourth-order valence-electron chi connectivity index (χ4n) is 3.69. The van der Waals surface area contributed by atoms with Crippen LogP contribution in [0.25, 0.3) is 0 Å². The van der Waals surface area contributed by atoms with Gasteiger partial charge in [-0.15, -0.1) is 0 Å². The molecule has 25 heavy (non-hydrogen) atoms. The zero-order chi connectivity index (χ0) is 17.8. The minimum Gasteiger partial charge on any atom is -0.335 e. The Morgan fingerprint density at radius 2 is 1.92 bits per heavy atom. The predicted octanol–water partition coefficient (Wildman–Crippen LogP) is -0.305. The molecule has 2 saturated heterocycles. The van der Waals surface area contributed by atoms with Gasteiger partial charge in [-0.1, -0.05) is 0 Å². The van der Waals surface area contributed by atoms with Gasteiger partial charge in [0, 0.05) is 51.5 Å². The van der Waals surface area contributed by atoms with Gasteiger partial charge in [0.15, 0.2) is 0 Å². The van der Waals surface area contributed by atoms with Crippen molar-refractivity contribution in [2.45, 2.75) is 31.7 Å². The summed E-state index contributed by atoms with van der Waals surface area (Å²) < 4.78 is 0. The van der Waals surface area contributed by atoms with Crippen molar-refractivity contribution in [2.24, 2.45) is 0 Å². The van der Waals surface area contributed by atoms with E-state index in [0.717, 1.165) is 58.4 Å². The Hall–Kier alpha value is -1.93. The van der Waals surface area contributed by atoms with Gasteiger partial charge >= 0.3 is 5.69 Å². The molecule has 1 aromatic heterocycles. The maximum absolute atomic E-state index is 12.8. The van der Waals surface area contributed by atoms with Gasteiger partial charge in [-0.2, -0.15) is 0 Å². The van der Waals surface area contributed by atoms with E-state index in [1.807, 2.05) is 4.90 Å². The first-order valence-corrected chi connectivity index (χ1v) is 9.08. The fraction of sp³-hybridized carbons (Fsp3) is 0.706. The Morgan fingerprint density at radius 3 is 2.64 bits per heavy atom. The molecule has 0 bridgehead atoms. The topological polar surface area (TPSA) is 92.5 Å². The van der Waals surface area contributed by atoms with Crippen LogP contribution in [-0.4, -0.2) is 82.9 Å². The van der Waals surface area contributed by atoms with E-state index in [4.69, 9.17) is 0 Å². The van der Waals surface area contributed by atoms with Crippen molar-refractivity contribution in [3.05, 3.63) is 32.6 Å². The molecule has 0 saturated carbocycles. The number of nitrogens with zero attached hydrogens (tertiary/aromatic N) is 3. The van der Waals surface area contributed by atoms with Crippen LogP contribution in [0, 0.1) is 0 Å². The monoisotopic (exact) mass is 349 g/mol. The molecule has 0 unspecified atom stereocenters. The SMILES string of the molecule is CN1CCN(CC[C@H]2CCCCN2C(=O)c2c[nH]c(=O)[nH]c2=O)CC1. The molecule has 0 spiro atoms. The highest BCUT2D eigenvalue weighted by Gasteiger charge is 2.29. The summed E-state index contributed by atoms with van der Waals surface area (Å²) in [5.41, 5.74) is -1.19. The number of aromatic amines is 2. The van der Waals surface area contributed by atoms with E-state index in [9.17, 15) is 14.4 Å². The Kier molecular flexibility index (Phi) is 5.70. The lowest BCUT2D eigenvalue weighted by Crippen LogP contribution is -2.49. The quantitative estimate of drug-likeness (QED) is 0.778. The van der Waals surface area contributed by atoms with Crippen molar-refractivity contribution in [1.29, 1.82) is 0 Å². The van der Waals surface area contributed by atoms with E-state index in [-0.39, 0.29) is 17.5 Å². The summed E-state index contributed by atoms with van der Waals surface area (Å²) in [5.74, 6) is -0.277. The summed E-state index contributed by atoms with van der Waals surface area (Å²) in [4.78, 5) is 47.0. The predicted molar refractivity (Wildman–Crippen MR) is 94.9 cm³/mol. The van der Waals surface area contributed by atoms with E-state index in [0.29, 0.717) is 6.54 Å². The molecule has 1 aromatic rings. The van der Waals surface area contributed by atoms with Crippen molar-refractivity contribution in [1.82, 2.24) is 24.7 Å². The summed E-state index contributed by atoms with van der Waals surface area (Å²) in [6.07, 6.45) is 5.20. The van der Waals surface area contributed by atoms with Gasteiger partial charge in [0.25, 0.3) is 11.5 Å². The van der Waals surface area contributed by atoms with E-state index < -0.39 is 11.2 Å². The number of hydrogen-bond donors (Lipinski definition) is 2. The number of aromatic nitrogens is 2. The van der Waals surface area contributed by atoms with Crippen LogP contribution in [0.3, 0.4) is 0 Å². The molecule has 1 atom stereocenters. The Labute approximate surface area is 146 Å². The highest BCUT2D eigenvalue weighted by Crippen LogP contribution is 2.21. The van der Waals surface area contributed by atoms with Crippen LogP contribution in [0.2, 0.25) is 0 Å². The van der Waals surface area contributed by atoms with Crippen LogP contribution < -0.4 is 11.2 Å². The number of piperazine rings is 1. The minimum absolute atomic E-state index is 0.0195. The molecule has 3 rings (SSSR count). The zero-order valence-electron chi connectivity index (χ0n) is 14.8. The normalized spacial score (nSPS) is 22.9. The van der Waals surface area contributed by atoms with E-state index in [1.165, 1.54) is 6.20 Å². The van der Waals surface area contributed by atoms with Gasteiger partial charge in [0.1, 0.15) is 5.56 Å². The largest absolute Gasteiger partial charge is 0.335 e. The molecule has 2 fully saturated rings. The maximum Gasteiger partial charge on any atom is 0.325 e. The van der Waals surface area contributed by atoms with Crippen LogP contribution >= 0.6 is 0 Å². The van der Waals surface area contributed by atoms with Crippen molar-refractivity contribution >= 4 is 5.91 Å². The van der Waals surface area contributed by atoms with Crippen LogP contribution in [-0.2, 0) is 0 Å². The number of carbonyl (C=O) groups is 1. The third-order valence-electron chi connectivity index (χ3n) is 5.31. The van der Waals surface area contributed by atoms with Gasteiger partial charge in [0.2, 0.25) is 0 Å². The molecule has 2 N–H and O–H groups in total. The van der Waals surface area contributed by atoms with Gasteiger partial charge in [-0.3, -0.25) is 14.6 Å². The maximum atomic E-state index is 12.8. The first kappa shape index (κ1) is 17.9. The molecule has 8 heteroatoms. The number of nitrogens with one attached hydrogen (secondary N) is 2. The summed E-state index contributed by atoms with van der Waals surface area (Å²) in [5, 5.41) is 0. The van der Waals surface area contributed by atoms with Crippen molar-refractivity contribution in [2.75, 3.05) is 46.3 Å². The number of rotatable bonds is 4. The summed E-state index contributed by atoms with van der Waals surface area (Å²) >= 11 is 0. The molecule has 0 aromatic carbocycles. The standard InChI is InChI=1S/C17H27N5O3/c1-20-8-10-21(11-9-20)7-5-13-4-2-3-6-22(13)16(24)14-12-18-17(25)19-15(14)23/h12-13H,2-11H2,1H3,(H2,18,19,23,25)/t13-/m1/s1. The molecule has 0 aliphatic carbocycles. The van der Waals surface area contributed by atoms with Crippen LogP contribution in [0.15, 0.2) is 15.8 Å². The number of piperidine rings is 1. The van der Waals surface area contributed by atoms with Crippen molar-refractivity contribution < 1.29 is 4.79 Å². The second-order valence-electron chi connectivity index (χ2n) is 7.07.